The quantitative estimate of drug-likeness (QED) is 0.874. The highest BCUT2D eigenvalue weighted by molar-refractivity contribution is 5.79. The molecule has 0 bridgehead atoms. The molecule has 2 unspecified atom stereocenters. The average Bonchev–Trinajstić information content (AvgIpc) is 2.56. The molecule has 0 radical (unpaired) electrons. The maximum atomic E-state index is 11.9. The predicted molar refractivity (Wildman–Crippen MR) is 87.5 cm³/mol. The van der Waals surface area contributed by atoms with Crippen molar-refractivity contribution in [2.45, 2.75) is 32.2 Å². The SMILES string of the molecule is CCC(NC)c1ccccc1N1CCCC(C(=O)NC)C1. The van der Waals surface area contributed by atoms with E-state index in [0.29, 0.717) is 6.04 Å². The van der Waals surface area contributed by atoms with Gasteiger partial charge in [0.1, 0.15) is 0 Å². The van der Waals surface area contributed by atoms with Crippen LogP contribution < -0.4 is 15.5 Å². The zero-order valence-electron chi connectivity index (χ0n) is 13.4. The lowest BCUT2D eigenvalue weighted by Gasteiger charge is -2.35. The summed E-state index contributed by atoms with van der Waals surface area (Å²) < 4.78 is 0. The topological polar surface area (TPSA) is 44.4 Å². The van der Waals surface area contributed by atoms with E-state index < -0.39 is 0 Å². The van der Waals surface area contributed by atoms with Gasteiger partial charge in [-0.3, -0.25) is 4.79 Å². The highest BCUT2D eigenvalue weighted by atomic mass is 16.1. The second-order valence-electron chi connectivity index (χ2n) is 5.71. The molecule has 1 saturated heterocycles. The fourth-order valence-corrected chi connectivity index (χ4v) is 3.26. The van der Waals surface area contributed by atoms with E-state index in [-0.39, 0.29) is 11.8 Å². The fraction of sp³-hybridized carbons (Fsp3) is 0.588. The molecular weight excluding hydrogens is 262 g/mol. The number of benzene rings is 1. The molecule has 1 fully saturated rings. The molecule has 2 atom stereocenters. The zero-order valence-corrected chi connectivity index (χ0v) is 13.4. The number of nitrogens with zero attached hydrogens (tertiary/aromatic N) is 1. The first-order valence-corrected chi connectivity index (χ1v) is 7.94. The number of piperidine rings is 1. The van der Waals surface area contributed by atoms with Crippen LogP contribution in [0.15, 0.2) is 24.3 Å². The number of anilines is 1. The molecule has 1 aliphatic heterocycles. The molecule has 21 heavy (non-hydrogen) atoms. The highest BCUT2D eigenvalue weighted by Gasteiger charge is 2.27. The minimum Gasteiger partial charge on any atom is -0.370 e. The Morgan fingerprint density at radius 3 is 2.81 bits per heavy atom. The molecule has 4 nitrogen and oxygen atoms in total. The standard InChI is InChI=1S/C17H27N3O/c1-4-15(18-2)14-9-5-6-10-16(14)20-11-7-8-13(12-20)17(21)19-3/h5-6,9-10,13,15,18H,4,7-8,11-12H2,1-3H3,(H,19,21). The molecule has 0 spiro atoms. The maximum absolute atomic E-state index is 11.9. The molecule has 0 aliphatic carbocycles. The number of hydrogen-bond donors (Lipinski definition) is 2. The summed E-state index contributed by atoms with van der Waals surface area (Å²) in [5, 5.41) is 6.18. The normalized spacial score (nSPS) is 20.1. The number of nitrogens with one attached hydrogen (secondary N) is 2. The molecule has 0 aromatic heterocycles. The van der Waals surface area contributed by atoms with Crippen molar-refractivity contribution in [3.8, 4) is 0 Å². The molecule has 1 aliphatic rings. The number of rotatable bonds is 5. The first-order valence-electron chi connectivity index (χ1n) is 7.94. The molecular formula is C17H27N3O. The lowest BCUT2D eigenvalue weighted by atomic mass is 9.94. The highest BCUT2D eigenvalue weighted by Crippen LogP contribution is 2.31. The van der Waals surface area contributed by atoms with Gasteiger partial charge in [0, 0.05) is 31.9 Å². The van der Waals surface area contributed by atoms with Gasteiger partial charge in [-0.15, -0.1) is 0 Å². The lowest BCUT2D eigenvalue weighted by Crippen LogP contribution is -2.42. The molecule has 2 N–H and O–H groups in total. The van der Waals surface area contributed by atoms with Crippen LogP contribution in [-0.2, 0) is 4.79 Å². The fourth-order valence-electron chi connectivity index (χ4n) is 3.26. The summed E-state index contributed by atoms with van der Waals surface area (Å²) in [6.07, 6.45) is 3.12. The number of carbonyl (C=O) groups is 1. The molecule has 1 amide bonds. The van der Waals surface area contributed by atoms with Crippen molar-refractivity contribution in [2.75, 3.05) is 32.1 Å². The van der Waals surface area contributed by atoms with E-state index in [0.717, 1.165) is 32.4 Å². The Balaban J connectivity index is 2.23. The van der Waals surface area contributed by atoms with Crippen LogP contribution >= 0.6 is 0 Å². The summed E-state index contributed by atoms with van der Waals surface area (Å²) >= 11 is 0. The molecule has 1 aromatic rings. The predicted octanol–water partition coefficient (Wildman–Crippen LogP) is 2.32. The van der Waals surface area contributed by atoms with Gasteiger partial charge in [-0.2, -0.15) is 0 Å². The van der Waals surface area contributed by atoms with Gasteiger partial charge in [0.25, 0.3) is 0 Å². The first-order chi connectivity index (χ1) is 10.2. The summed E-state index contributed by atoms with van der Waals surface area (Å²) in [7, 11) is 3.73. The minimum atomic E-state index is 0.103. The van der Waals surface area contributed by atoms with Crippen molar-refractivity contribution < 1.29 is 4.79 Å². The second kappa shape index (κ2) is 7.46. The van der Waals surface area contributed by atoms with Crippen LogP contribution in [0.1, 0.15) is 37.8 Å². The van der Waals surface area contributed by atoms with Crippen LogP contribution in [0, 0.1) is 5.92 Å². The summed E-state index contributed by atoms with van der Waals surface area (Å²) in [6.45, 7) is 4.04. The Morgan fingerprint density at radius 1 is 1.38 bits per heavy atom. The van der Waals surface area contributed by atoms with Gasteiger partial charge in [-0.05, 0) is 37.9 Å². The number of hydrogen-bond acceptors (Lipinski definition) is 3. The van der Waals surface area contributed by atoms with Crippen LogP contribution in [0.5, 0.6) is 0 Å². The van der Waals surface area contributed by atoms with Gasteiger partial charge in [0.15, 0.2) is 0 Å². The van der Waals surface area contributed by atoms with E-state index in [4.69, 9.17) is 0 Å². The van der Waals surface area contributed by atoms with Crippen molar-refractivity contribution in [1.29, 1.82) is 0 Å². The van der Waals surface area contributed by atoms with E-state index in [1.54, 1.807) is 7.05 Å². The van der Waals surface area contributed by atoms with Gasteiger partial charge < -0.3 is 15.5 Å². The van der Waals surface area contributed by atoms with E-state index in [1.807, 2.05) is 7.05 Å². The number of para-hydroxylation sites is 1. The molecule has 116 valence electrons. The number of amides is 1. The largest absolute Gasteiger partial charge is 0.370 e. The van der Waals surface area contributed by atoms with Crippen molar-refractivity contribution >= 4 is 11.6 Å². The van der Waals surface area contributed by atoms with Crippen LogP contribution in [-0.4, -0.2) is 33.1 Å². The third-order valence-electron chi connectivity index (χ3n) is 4.45. The molecule has 1 aromatic carbocycles. The third-order valence-corrected chi connectivity index (χ3v) is 4.45. The zero-order chi connectivity index (χ0) is 15.2. The summed E-state index contributed by atoms with van der Waals surface area (Å²) in [5.74, 6) is 0.268. The van der Waals surface area contributed by atoms with Gasteiger partial charge >= 0.3 is 0 Å². The van der Waals surface area contributed by atoms with Crippen LogP contribution in [0.3, 0.4) is 0 Å². The number of carbonyl (C=O) groups excluding carboxylic acids is 1. The average molecular weight is 289 g/mol. The van der Waals surface area contributed by atoms with Crippen molar-refractivity contribution in [2.24, 2.45) is 5.92 Å². The van der Waals surface area contributed by atoms with Crippen molar-refractivity contribution in [3.05, 3.63) is 29.8 Å². The van der Waals surface area contributed by atoms with Crippen molar-refractivity contribution in [3.63, 3.8) is 0 Å². The van der Waals surface area contributed by atoms with Gasteiger partial charge in [0.05, 0.1) is 5.92 Å². The van der Waals surface area contributed by atoms with E-state index in [9.17, 15) is 4.79 Å². The molecule has 4 heteroatoms. The van der Waals surface area contributed by atoms with E-state index in [1.165, 1.54) is 11.3 Å². The van der Waals surface area contributed by atoms with Gasteiger partial charge in [-0.1, -0.05) is 25.1 Å². The minimum absolute atomic E-state index is 0.103. The molecule has 2 rings (SSSR count). The van der Waals surface area contributed by atoms with Crippen LogP contribution in [0.25, 0.3) is 0 Å². The molecule has 1 heterocycles. The lowest BCUT2D eigenvalue weighted by molar-refractivity contribution is -0.124. The Bertz CT molecular complexity index is 471. The second-order valence-corrected chi connectivity index (χ2v) is 5.71. The first kappa shape index (κ1) is 15.8. The third kappa shape index (κ3) is 3.56. The van der Waals surface area contributed by atoms with Gasteiger partial charge in [0.2, 0.25) is 5.91 Å². The summed E-state index contributed by atoms with van der Waals surface area (Å²) in [6, 6.07) is 8.93. The molecule has 0 saturated carbocycles. The van der Waals surface area contributed by atoms with E-state index in [2.05, 4.69) is 46.7 Å². The summed E-state index contributed by atoms with van der Waals surface area (Å²) in [4.78, 5) is 14.3. The Morgan fingerprint density at radius 2 is 2.14 bits per heavy atom. The van der Waals surface area contributed by atoms with E-state index >= 15 is 0 Å². The van der Waals surface area contributed by atoms with Crippen molar-refractivity contribution in [1.82, 2.24) is 10.6 Å². The monoisotopic (exact) mass is 289 g/mol. The summed E-state index contributed by atoms with van der Waals surface area (Å²) in [5.41, 5.74) is 2.60. The van der Waals surface area contributed by atoms with Crippen LogP contribution in [0.2, 0.25) is 0 Å². The van der Waals surface area contributed by atoms with Crippen LogP contribution in [0.4, 0.5) is 5.69 Å². The Hall–Kier alpha value is -1.55. The smallest absolute Gasteiger partial charge is 0.224 e. The Kier molecular flexibility index (Phi) is 5.62. The van der Waals surface area contributed by atoms with Gasteiger partial charge in [-0.25, -0.2) is 0 Å². The Labute approximate surface area is 127 Å². The maximum Gasteiger partial charge on any atom is 0.224 e.